The maximum Gasteiger partial charge on any atom is 0.253 e. The van der Waals surface area contributed by atoms with Gasteiger partial charge in [0.15, 0.2) is 0 Å². The lowest BCUT2D eigenvalue weighted by Crippen LogP contribution is -2.44. The van der Waals surface area contributed by atoms with Gasteiger partial charge in [0.25, 0.3) is 5.91 Å². The zero-order chi connectivity index (χ0) is 18.5. The summed E-state index contributed by atoms with van der Waals surface area (Å²) in [5.74, 6) is 0.200. The zero-order valence-corrected chi connectivity index (χ0v) is 16.0. The third kappa shape index (κ3) is 4.37. The molecule has 0 aliphatic carbocycles. The Morgan fingerprint density at radius 3 is 2.85 bits per heavy atom. The molecule has 2 amide bonds. The number of nitrogens with zero attached hydrogens (tertiary/aromatic N) is 3. The molecule has 1 aromatic rings. The molecule has 2 fully saturated rings. The first-order chi connectivity index (χ1) is 12.6. The van der Waals surface area contributed by atoms with Crippen LogP contribution in [0.5, 0.6) is 0 Å². The number of methoxy groups -OCH3 is 1. The summed E-state index contributed by atoms with van der Waals surface area (Å²) in [4.78, 5) is 31.3. The Bertz CT molecular complexity index is 655. The summed E-state index contributed by atoms with van der Waals surface area (Å²) in [6.07, 6.45) is 1.72. The molecule has 1 atom stereocenters. The lowest BCUT2D eigenvalue weighted by molar-refractivity contribution is -0.132. The highest BCUT2D eigenvalue weighted by atomic mass is 35.5. The van der Waals surface area contributed by atoms with Gasteiger partial charge >= 0.3 is 0 Å². The molecule has 1 aromatic carbocycles. The molecule has 142 valence electrons. The highest BCUT2D eigenvalue weighted by molar-refractivity contribution is 6.30. The van der Waals surface area contributed by atoms with Crippen molar-refractivity contribution in [2.75, 3.05) is 53.0 Å². The summed E-state index contributed by atoms with van der Waals surface area (Å²) in [5, 5.41) is 0.569. The van der Waals surface area contributed by atoms with Crippen molar-refractivity contribution in [2.24, 2.45) is 0 Å². The highest BCUT2D eigenvalue weighted by Gasteiger charge is 2.36. The van der Waals surface area contributed by atoms with E-state index in [1.807, 2.05) is 9.80 Å². The predicted molar refractivity (Wildman–Crippen MR) is 100 cm³/mol. The van der Waals surface area contributed by atoms with Crippen LogP contribution in [0.15, 0.2) is 24.3 Å². The zero-order valence-electron chi connectivity index (χ0n) is 15.2. The summed E-state index contributed by atoms with van der Waals surface area (Å²) in [5.41, 5.74) is 0.619. The topological polar surface area (TPSA) is 53.1 Å². The number of rotatable bonds is 5. The lowest BCUT2D eigenvalue weighted by Gasteiger charge is -2.26. The molecule has 2 aliphatic heterocycles. The summed E-state index contributed by atoms with van der Waals surface area (Å²) >= 11 is 6.01. The van der Waals surface area contributed by atoms with E-state index in [0.717, 1.165) is 32.5 Å². The van der Waals surface area contributed by atoms with Crippen LogP contribution in [0, 0.1) is 0 Å². The van der Waals surface area contributed by atoms with Crippen molar-refractivity contribution in [3.05, 3.63) is 34.9 Å². The molecule has 2 aliphatic rings. The fourth-order valence-corrected chi connectivity index (χ4v) is 3.93. The smallest absolute Gasteiger partial charge is 0.253 e. The Balaban J connectivity index is 1.58. The van der Waals surface area contributed by atoms with Gasteiger partial charge in [-0.2, -0.15) is 0 Å². The SMILES string of the molecule is COCCN1CCC(N2CCCN(C(=O)c3cccc(Cl)c3)CC2)C1=O. The van der Waals surface area contributed by atoms with Crippen molar-refractivity contribution in [3.8, 4) is 0 Å². The molecule has 0 bridgehead atoms. The Morgan fingerprint density at radius 2 is 2.08 bits per heavy atom. The molecule has 0 radical (unpaired) electrons. The molecule has 0 N–H and O–H groups in total. The van der Waals surface area contributed by atoms with Crippen LogP contribution in [0.1, 0.15) is 23.2 Å². The molecule has 0 saturated carbocycles. The van der Waals surface area contributed by atoms with Crippen LogP contribution in [-0.2, 0) is 9.53 Å². The third-order valence-corrected chi connectivity index (χ3v) is 5.40. The molecule has 2 saturated heterocycles. The van der Waals surface area contributed by atoms with Gasteiger partial charge in [-0.15, -0.1) is 0 Å². The van der Waals surface area contributed by atoms with E-state index in [2.05, 4.69) is 4.90 Å². The minimum atomic E-state index is -0.0620. The van der Waals surface area contributed by atoms with Gasteiger partial charge in [-0.3, -0.25) is 14.5 Å². The number of hydrogen-bond donors (Lipinski definition) is 0. The van der Waals surface area contributed by atoms with Crippen molar-refractivity contribution in [1.29, 1.82) is 0 Å². The maximum atomic E-state index is 12.7. The quantitative estimate of drug-likeness (QED) is 0.782. The van der Waals surface area contributed by atoms with E-state index in [1.165, 1.54) is 0 Å². The number of amides is 2. The Morgan fingerprint density at radius 1 is 1.23 bits per heavy atom. The minimum Gasteiger partial charge on any atom is -0.383 e. The molecule has 7 heteroatoms. The van der Waals surface area contributed by atoms with Gasteiger partial charge in [-0.05, 0) is 31.0 Å². The molecule has 2 heterocycles. The van der Waals surface area contributed by atoms with Crippen molar-refractivity contribution in [1.82, 2.24) is 14.7 Å². The highest BCUT2D eigenvalue weighted by Crippen LogP contribution is 2.20. The van der Waals surface area contributed by atoms with E-state index >= 15 is 0 Å². The first-order valence-electron chi connectivity index (χ1n) is 9.17. The minimum absolute atomic E-state index is 0.00817. The lowest BCUT2D eigenvalue weighted by atomic mass is 10.2. The van der Waals surface area contributed by atoms with E-state index in [9.17, 15) is 9.59 Å². The van der Waals surface area contributed by atoms with Gasteiger partial charge < -0.3 is 14.5 Å². The van der Waals surface area contributed by atoms with Crippen LogP contribution in [0.4, 0.5) is 0 Å². The van der Waals surface area contributed by atoms with Crippen LogP contribution in [-0.4, -0.2) is 85.5 Å². The van der Waals surface area contributed by atoms with Gasteiger partial charge in [-0.1, -0.05) is 17.7 Å². The van der Waals surface area contributed by atoms with E-state index in [0.29, 0.717) is 36.8 Å². The van der Waals surface area contributed by atoms with Crippen LogP contribution in [0.3, 0.4) is 0 Å². The van der Waals surface area contributed by atoms with Crippen molar-refractivity contribution >= 4 is 23.4 Å². The summed E-state index contributed by atoms with van der Waals surface area (Å²) in [6.45, 7) is 4.91. The van der Waals surface area contributed by atoms with Crippen molar-refractivity contribution in [3.63, 3.8) is 0 Å². The second-order valence-corrected chi connectivity index (χ2v) is 7.25. The van der Waals surface area contributed by atoms with E-state index in [4.69, 9.17) is 16.3 Å². The van der Waals surface area contributed by atoms with Gasteiger partial charge in [0.05, 0.1) is 12.6 Å². The molecular weight excluding hydrogens is 354 g/mol. The monoisotopic (exact) mass is 379 g/mol. The number of hydrogen-bond acceptors (Lipinski definition) is 4. The molecule has 0 spiro atoms. The Kier molecular flexibility index (Phi) is 6.51. The van der Waals surface area contributed by atoms with Crippen LogP contribution < -0.4 is 0 Å². The van der Waals surface area contributed by atoms with Gasteiger partial charge in [0.1, 0.15) is 0 Å². The van der Waals surface area contributed by atoms with E-state index in [1.54, 1.807) is 31.4 Å². The number of ether oxygens (including phenoxy) is 1. The van der Waals surface area contributed by atoms with Crippen molar-refractivity contribution in [2.45, 2.75) is 18.9 Å². The summed E-state index contributed by atoms with van der Waals surface area (Å²) in [6, 6.07) is 7.01. The summed E-state index contributed by atoms with van der Waals surface area (Å²) in [7, 11) is 1.65. The van der Waals surface area contributed by atoms with Crippen LogP contribution in [0.25, 0.3) is 0 Å². The first kappa shape index (κ1) is 19.1. The van der Waals surface area contributed by atoms with Crippen LogP contribution >= 0.6 is 11.6 Å². The number of benzene rings is 1. The Hall–Kier alpha value is -1.63. The van der Waals surface area contributed by atoms with E-state index < -0.39 is 0 Å². The summed E-state index contributed by atoms with van der Waals surface area (Å²) < 4.78 is 5.08. The third-order valence-electron chi connectivity index (χ3n) is 5.16. The fourth-order valence-electron chi connectivity index (χ4n) is 3.74. The molecular formula is C19H26ClN3O3. The van der Waals surface area contributed by atoms with Gasteiger partial charge in [0, 0.05) is 57.0 Å². The average molecular weight is 380 g/mol. The predicted octanol–water partition coefficient (Wildman–Crippen LogP) is 1.74. The average Bonchev–Trinajstić information content (AvgIpc) is 2.84. The number of carbonyl (C=O) groups excluding carboxylic acids is 2. The largest absolute Gasteiger partial charge is 0.383 e. The molecule has 0 aromatic heterocycles. The second kappa shape index (κ2) is 8.84. The second-order valence-electron chi connectivity index (χ2n) is 6.81. The van der Waals surface area contributed by atoms with E-state index in [-0.39, 0.29) is 17.9 Å². The molecule has 6 nitrogen and oxygen atoms in total. The standard InChI is InChI=1S/C19H26ClN3O3/c1-26-13-12-23-9-6-17(19(23)25)21-7-3-8-22(11-10-21)18(24)15-4-2-5-16(20)14-15/h2,4-5,14,17H,3,6-13H2,1H3. The Labute approximate surface area is 159 Å². The van der Waals surface area contributed by atoms with Crippen molar-refractivity contribution < 1.29 is 14.3 Å². The van der Waals surface area contributed by atoms with Gasteiger partial charge in [0.2, 0.25) is 5.91 Å². The fraction of sp³-hybridized carbons (Fsp3) is 0.579. The maximum absolute atomic E-state index is 12.7. The first-order valence-corrected chi connectivity index (χ1v) is 9.54. The number of halogens is 1. The molecule has 26 heavy (non-hydrogen) atoms. The molecule has 3 rings (SSSR count). The number of carbonyl (C=O) groups is 2. The normalized spacial score (nSPS) is 21.9. The van der Waals surface area contributed by atoms with Crippen LogP contribution in [0.2, 0.25) is 5.02 Å². The number of likely N-dealkylation sites (tertiary alicyclic amines) is 1. The van der Waals surface area contributed by atoms with Gasteiger partial charge in [-0.25, -0.2) is 0 Å². The molecule has 1 unspecified atom stereocenters.